The lowest BCUT2D eigenvalue weighted by Gasteiger charge is -2.35. The van der Waals surface area contributed by atoms with E-state index in [2.05, 4.69) is 28.8 Å². The van der Waals surface area contributed by atoms with Crippen LogP contribution < -0.4 is 14.8 Å². The van der Waals surface area contributed by atoms with Gasteiger partial charge in [0.2, 0.25) is 15.9 Å². The van der Waals surface area contributed by atoms with Gasteiger partial charge in [-0.15, -0.1) is 0 Å². The molecular weight excluding hydrogens is 382 g/mol. The Hall–Kier alpha value is -1.68. The standard InChI is InChI=1S/C19H31N3O5S/c1-14-12-22(13-15(2)27-14)11-5-10-20-19(23)16(3)21-28(24,25)18-8-6-17(26-4)7-9-18/h6-9,14-16,21H,5,10-13H2,1-4H3,(H,20,23)/t14?,15?,16-/m0/s1. The molecule has 1 amide bonds. The minimum absolute atomic E-state index is 0.0866. The van der Waals surface area contributed by atoms with Gasteiger partial charge in [-0.3, -0.25) is 9.69 Å². The Bertz CT molecular complexity index is 728. The van der Waals surface area contributed by atoms with Crippen molar-refractivity contribution in [1.29, 1.82) is 0 Å². The summed E-state index contributed by atoms with van der Waals surface area (Å²) in [4.78, 5) is 14.6. The quantitative estimate of drug-likeness (QED) is 0.586. The van der Waals surface area contributed by atoms with Crippen LogP contribution in [0.3, 0.4) is 0 Å². The number of nitrogens with zero attached hydrogens (tertiary/aromatic N) is 1. The van der Waals surface area contributed by atoms with Crippen LogP contribution in [0.4, 0.5) is 0 Å². The van der Waals surface area contributed by atoms with Gasteiger partial charge < -0.3 is 14.8 Å². The Morgan fingerprint density at radius 3 is 2.43 bits per heavy atom. The van der Waals surface area contributed by atoms with Crippen LogP contribution in [0.1, 0.15) is 27.2 Å². The van der Waals surface area contributed by atoms with E-state index in [1.54, 1.807) is 12.1 Å². The average Bonchev–Trinajstić information content (AvgIpc) is 2.64. The molecule has 28 heavy (non-hydrogen) atoms. The highest BCUT2D eigenvalue weighted by Crippen LogP contribution is 2.15. The van der Waals surface area contributed by atoms with Crippen molar-refractivity contribution in [1.82, 2.24) is 14.9 Å². The predicted molar refractivity (Wildman–Crippen MR) is 107 cm³/mol. The molecule has 1 aliphatic rings. The molecule has 0 aromatic heterocycles. The summed E-state index contributed by atoms with van der Waals surface area (Å²) in [5.74, 6) is 0.217. The van der Waals surface area contributed by atoms with E-state index in [0.717, 1.165) is 26.1 Å². The van der Waals surface area contributed by atoms with E-state index in [0.29, 0.717) is 12.3 Å². The van der Waals surface area contributed by atoms with Crippen molar-refractivity contribution < 1.29 is 22.7 Å². The molecule has 0 saturated carbocycles. The molecule has 8 nitrogen and oxygen atoms in total. The fraction of sp³-hybridized carbons (Fsp3) is 0.632. The fourth-order valence-electron chi connectivity index (χ4n) is 3.24. The molecule has 0 aliphatic carbocycles. The summed E-state index contributed by atoms with van der Waals surface area (Å²) in [5, 5.41) is 2.79. The van der Waals surface area contributed by atoms with Crippen molar-refractivity contribution in [3.63, 3.8) is 0 Å². The molecule has 9 heteroatoms. The summed E-state index contributed by atoms with van der Waals surface area (Å²) in [7, 11) is -2.27. The highest BCUT2D eigenvalue weighted by Gasteiger charge is 2.23. The number of methoxy groups -OCH3 is 1. The van der Waals surface area contributed by atoms with Gasteiger partial charge in [0.15, 0.2) is 0 Å². The molecule has 0 radical (unpaired) electrons. The molecular formula is C19H31N3O5S. The van der Waals surface area contributed by atoms with E-state index >= 15 is 0 Å². The van der Waals surface area contributed by atoms with E-state index in [4.69, 9.17) is 9.47 Å². The molecule has 1 saturated heterocycles. The highest BCUT2D eigenvalue weighted by molar-refractivity contribution is 7.89. The molecule has 1 aliphatic heterocycles. The van der Waals surface area contributed by atoms with Crippen LogP contribution in [0, 0.1) is 0 Å². The van der Waals surface area contributed by atoms with Gasteiger partial charge in [0.25, 0.3) is 0 Å². The Labute approximate surface area is 167 Å². The SMILES string of the molecule is COc1ccc(S(=O)(=O)N[C@@H](C)C(=O)NCCCN2CC(C)OC(C)C2)cc1. The lowest BCUT2D eigenvalue weighted by Crippen LogP contribution is -2.47. The zero-order chi connectivity index (χ0) is 20.7. The van der Waals surface area contributed by atoms with E-state index < -0.39 is 16.1 Å². The first kappa shape index (κ1) is 22.6. The van der Waals surface area contributed by atoms with Crippen LogP contribution >= 0.6 is 0 Å². The van der Waals surface area contributed by atoms with E-state index in [1.165, 1.54) is 26.2 Å². The van der Waals surface area contributed by atoms with Crippen molar-refractivity contribution in [2.75, 3.05) is 33.3 Å². The molecule has 0 spiro atoms. The smallest absolute Gasteiger partial charge is 0.241 e. The summed E-state index contributed by atoms with van der Waals surface area (Å²) in [5.41, 5.74) is 0. The third-order valence-electron chi connectivity index (χ3n) is 4.54. The Balaban J connectivity index is 1.75. The number of rotatable bonds is 9. The van der Waals surface area contributed by atoms with Crippen molar-refractivity contribution >= 4 is 15.9 Å². The van der Waals surface area contributed by atoms with Crippen LogP contribution in [0.5, 0.6) is 5.75 Å². The Morgan fingerprint density at radius 1 is 1.25 bits per heavy atom. The van der Waals surface area contributed by atoms with Crippen LogP contribution in [0.2, 0.25) is 0 Å². The lowest BCUT2D eigenvalue weighted by atomic mass is 10.2. The predicted octanol–water partition coefficient (Wildman–Crippen LogP) is 0.978. The first-order valence-electron chi connectivity index (χ1n) is 9.53. The van der Waals surface area contributed by atoms with Crippen LogP contribution in [0.15, 0.2) is 29.2 Å². The number of nitrogens with one attached hydrogen (secondary N) is 2. The summed E-state index contributed by atoms with van der Waals surface area (Å²) in [6.07, 6.45) is 1.22. The van der Waals surface area contributed by atoms with Crippen molar-refractivity contribution in [3.05, 3.63) is 24.3 Å². The number of carbonyl (C=O) groups is 1. The number of sulfonamides is 1. The summed E-state index contributed by atoms with van der Waals surface area (Å²) in [6.45, 7) is 8.77. The van der Waals surface area contributed by atoms with E-state index in [1.807, 2.05) is 0 Å². The van der Waals surface area contributed by atoms with Gasteiger partial charge in [-0.1, -0.05) is 0 Å². The molecule has 2 N–H and O–H groups in total. The van der Waals surface area contributed by atoms with Gasteiger partial charge in [-0.25, -0.2) is 8.42 Å². The van der Waals surface area contributed by atoms with Gasteiger partial charge in [0.05, 0.1) is 30.3 Å². The zero-order valence-corrected chi connectivity index (χ0v) is 17.8. The van der Waals surface area contributed by atoms with Crippen molar-refractivity contribution in [3.8, 4) is 5.75 Å². The molecule has 1 heterocycles. The monoisotopic (exact) mass is 413 g/mol. The maximum atomic E-state index is 12.4. The number of ether oxygens (including phenoxy) is 2. The topological polar surface area (TPSA) is 97.0 Å². The zero-order valence-electron chi connectivity index (χ0n) is 17.0. The van der Waals surface area contributed by atoms with Gasteiger partial charge in [0, 0.05) is 26.2 Å². The number of carbonyl (C=O) groups excluding carboxylic acids is 1. The number of morpholine rings is 1. The lowest BCUT2D eigenvalue weighted by molar-refractivity contribution is -0.122. The third kappa shape index (κ3) is 6.73. The van der Waals surface area contributed by atoms with Gasteiger partial charge in [-0.2, -0.15) is 4.72 Å². The molecule has 2 unspecified atom stereocenters. The fourth-order valence-corrected chi connectivity index (χ4v) is 4.45. The summed E-state index contributed by atoms with van der Waals surface area (Å²) in [6, 6.07) is 5.14. The van der Waals surface area contributed by atoms with Crippen LogP contribution in [-0.4, -0.2) is 70.8 Å². The maximum absolute atomic E-state index is 12.4. The minimum Gasteiger partial charge on any atom is -0.497 e. The summed E-state index contributed by atoms with van der Waals surface area (Å²) >= 11 is 0. The molecule has 1 aromatic rings. The Morgan fingerprint density at radius 2 is 1.86 bits per heavy atom. The third-order valence-corrected chi connectivity index (χ3v) is 6.10. The van der Waals surface area contributed by atoms with Crippen molar-refractivity contribution in [2.24, 2.45) is 0 Å². The average molecular weight is 414 g/mol. The molecule has 158 valence electrons. The van der Waals surface area contributed by atoms with E-state index in [9.17, 15) is 13.2 Å². The van der Waals surface area contributed by atoms with Gasteiger partial charge in [0.1, 0.15) is 5.75 Å². The highest BCUT2D eigenvalue weighted by atomic mass is 32.2. The second-order valence-corrected chi connectivity index (χ2v) is 8.89. The first-order chi connectivity index (χ1) is 13.2. The van der Waals surface area contributed by atoms with Crippen LogP contribution in [0.25, 0.3) is 0 Å². The largest absolute Gasteiger partial charge is 0.497 e. The van der Waals surface area contributed by atoms with Gasteiger partial charge in [-0.05, 0) is 51.5 Å². The molecule has 1 aromatic carbocycles. The van der Waals surface area contributed by atoms with Crippen molar-refractivity contribution in [2.45, 2.75) is 50.3 Å². The van der Waals surface area contributed by atoms with Gasteiger partial charge >= 0.3 is 0 Å². The Kier molecular flexibility index (Phi) is 8.23. The molecule has 0 bridgehead atoms. The minimum atomic E-state index is -3.78. The second-order valence-electron chi connectivity index (χ2n) is 7.18. The molecule has 3 atom stereocenters. The normalized spacial score (nSPS) is 21.9. The number of benzene rings is 1. The first-order valence-corrected chi connectivity index (χ1v) is 11.0. The summed E-state index contributed by atoms with van der Waals surface area (Å²) < 4.78 is 37.9. The number of hydrogen-bond acceptors (Lipinski definition) is 6. The molecule has 2 rings (SSSR count). The number of amides is 1. The molecule has 1 fully saturated rings. The van der Waals surface area contributed by atoms with Crippen LogP contribution in [-0.2, 0) is 19.6 Å². The van der Waals surface area contributed by atoms with E-state index in [-0.39, 0.29) is 23.0 Å². The maximum Gasteiger partial charge on any atom is 0.241 e. The second kappa shape index (κ2) is 10.2. The number of hydrogen-bond donors (Lipinski definition) is 2.